The van der Waals surface area contributed by atoms with Crippen molar-refractivity contribution in [2.45, 2.75) is 19.9 Å². The number of esters is 1. The number of para-hydroxylation sites is 1. The number of nitrogen functional groups attached to an aromatic ring is 1. The summed E-state index contributed by atoms with van der Waals surface area (Å²) in [7, 11) is 0. The highest BCUT2D eigenvalue weighted by Crippen LogP contribution is 2.35. The van der Waals surface area contributed by atoms with Crippen LogP contribution in [-0.4, -0.2) is 46.2 Å². The molecule has 0 aliphatic heterocycles. The molecule has 3 amide bonds. The second-order valence-electron chi connectivity index (χ2n) is 8.48. The van der Waals surface area contributed by atoms with Gasteiger partial charge in [-0.1, -0.05) is 30.3 Å². The van der Waals surface area contributed by atoms with Gasteiger partial charge in [0.05, 0.1) is 17.8 Å². The number of nitrogens with one attached hydrogen (secondary N) is 1. The number of aryl methyl sites for hydroxylation is 1. The predicted molar refractivity (Wildman–Crippen MR) is 147 cm³/mol. The fraction of sp³-hybridized carbons (Fsp3) is 0.185. The summed E-state index contributed by atoms with van der Waals surface area (Å²) in [5, 5.41) is 3.33. The summed E-state index contributed by atoms with van der Waals surface area (Å²) in [5.74, 6) is -2.81. The molecule has 4 rings (SSSR count). The third-order valence-corrected chi connectivity index (χ3v) is 6.76. The van der Waals surface area contributed by atoms with E-state index in [1.54, 1.807) is 68.6 Å². The van der Waals surface area contributed by atoms with E-state index in [9.17, 15) is 19.2 Å². The van der Waals surface area contributed by atoms with Crippen LogP contribution in [0, 0.1) is 6.92 Å². The maximum Gasteiger partial charge on any atom is 0.325 e. The second-order valence-corrected chi connectivity index (χ2v) is 9.25. The van der Waals surface area contributed by atoms with Crippen LogP contribution in [0.4, 0.5) is 11.4 Å². The van der Waals surface area contributed by atoms with Gasteiger partial charge in [0.15, 0.2) is 5.69 Å². The van der Waals surface area contributed by atoms with E-state index in [-0.39, 0.29) is 22.9 Å². The molecule has 12 heteroatoms. The van der Waals surface area contributed by atoms with Gasteiger partial charge in [-0.3, -0.25) is 29.1 Å². The zero-order valence-electron chi connectivity index (χ0n) is 21.2. The van der Waals surface area contributed by atoms with E-state index in [1.807, 2.05) is 6.07 Å². The minimum atomic E-state index is -1.25. The minimum absolute atomic E-state index is 0.0577. The predicted octanol–water partition coefficient (Wildman–Crippen LogP) is 2.75. The molecule has 200 valence electrons. The first-order chi connectivity index (χ1) is 18.7. The number of amides is 3. The molecule has 0 aliphatic rings. The highest BCUT2D eigenvalue weighted by molar-refractivity contribution is 7.09. The molecule has 39 heavy (non-hydrogen) atoms. The lowest BCUT2D eigenvalue weighted by molar-refractivity contribution is -0.143. The van der Waals surface area contributed by atoms with Crippen LogP contribution in [0.5, 0.6) is 0 Å². The van der Waals surface area contributed by atoms with Crippen LogP contribution in [0.25, 0.3) is 10.9 Å². The molecule has 11 nitrogen and oxygen atoms in total. The standard InChI is InChI=1S/C27H26N6O5S/c1-3-38-20(34)14-31-26(36)23(17-10-11-18-16(13-17)8-6-12-30-18)33(19-9-5-4-7-15(19)2)27(37)24-21(28)22(25(29)35)32-39-24/h4-13,23H,3,14,28H2,1-2H3,(H2,29,35)(H,31,36)/t23-/m0/s1. The van der Waals surface area contributed by atoms with Gasteiger partial charge in [0.25, 0.3) is 11.8 Å². The highest BCUT2D eigenvalue weighted by Gasteiger charge is 2.37. The Labute approximate surface area is 227 Å². The molecule has 2 aromatic heterocycles. The molecule has 2 aromatic carbocycles. The number of hydrogen-bond donors (Lipinski definition) is 3. The van der Waals surface area contributed by atoms with Crippen LogP contribution in [0.1, 0.15) is 44.3 Å². The van der Waals surface area contributed by atoms with Gasteiger partial charge in [0, 0.05) is 17.3 Å². The number of primary amides is 1. The number of nitrogens with zero attached hydrogens (tertiary/aromatic N) is 3. The summed E-state index contributed by atoms with van der Waals surface area (Å²) >= 11 is 0.710. The van der Waals surface area contributed by atoms with Gasteiger partial charge in [0.2, 0.25) is 5.91 Å². The Morgan fingerprint density at radius 2 is 1.87 bits per heavy atom. The maximum absolute atomic E-state index is 14.2. The number of ether oxygens (including phenoxy) is 1. The lowest BCUT2D eigenvalue weighted by atomic mass is 9.99. The van der Waals surface area contributed by atoms with Crippen molar-refractivity contribution in [2.75, 3.05) is 23.8 Å². The average molecular weight is 547 g/mol. The van der Waals surface area contributed by atoms with Gasteiger partial charge in [-0.25, -0.2) is 0 Å². The zero-order chi connectivity index (χ0) is 28.1. The molecule has 0 bridgehead atoms. The number of anilines is 2. The van der Waals surface area contributed by atoms with Crippen LogP contribution < -0.4 is 21.7 Å². The second kappa shape index (κ2) is 11.7. The van der Waals surface area contributed by atoms with E-state index in [1.165, 1.54) is 4.90 Å². The van der Waals surface area contributed by atoms with Gasteiger partial charge in [-0.15, -0.1) is 0 Å². The van der Waals surface area contributed by atoms with Crippen molar-refractivity contribution in [3.63, 3.8) is 0 Å². The molecule has 5 N–H and O–H groups in total. The van der Waals surface area contributed by atoms with Gasteiger partial charge in [-0.2, -0.15) is 4.37 Å². The number of carbonyl (C=O) groups excluding carboxylic acids is 4. The minimum Gasteiger partial charge on any atom is -0.465 e. The normalized spacial score (nSPS) is 11.5. The van der Waals surface area contributed by atoms with Crippen LogP contribution in [-0.2, 0) is 14.3 Å². The molecule has 0 unspecified atom stereocenters. The first-order valence-electron chi connectivity index (χ1n) is 11.9. The quantitative estimate of drug-likeness (QED) is 0.269. The summed E-state index contributed by atoms with van der Waals surface area (Å²) in [5.41, 5.74) is 13.3. The van der Waals surface area contributed by atoms with E-state index in [0.717, 1.165) is 5.39 Å². The van der Waals surface area contributed by atoms with Gasteiger partial charge < -0.3 is 21.5 Å². The molecule has 0 fully saturated rings. The van der Waals surface area contributed by atoms with Crippen LogP contribution >= 0.6 is 11.5 Å². The van der Waals surface area contributed by atoms with Gasteiger partial charge >= 0.3 is 5.97 Å². The molecular formula is C27H26N6O5S. The number of pyridine rings is 1. The van der Waals surface area contributed by atoms with E-state index >= 15 is 0 Å². The average Bonchev–Trinajstić information content (AvgIpc) is 3.32. The first-order valence-corrected chi connectivity index (χ1v) is 12.7. The lowest BCUT2D eigenvalue weighted by Crippen LogP contribution is -2.45. The Hall–Kier alpha value is -4.84. The van der Waals surface area contributed by atoms with Crippen molar-refractivity contribution in [1.29, 1.82) is 0 Å². The van der Waals surface area contributed by atoms with Crippen molar-refractivity contribution < 1.29 is 23.9 Å². The number of nitrogens with two attached hydrogens (primary N) is 2. The van der Waals surface area contributed by atoms with E-state index in [0.29, 0.717) is 33.9 Å². The number of carbonyl (C=O) groups is 4. The topological polar surface area (TPSA) is 171 Å². The third-order valence-electron chi connectivity index (χ3n) is 5.91. The third kappa shape index (κ3) is 5.70. The van der Waals surface area contributed by atoms with Crippen molar-refractivity contribution in [3.05, 3.63) is 82.5 Å². The number of rotatable bonds is 9. The van der Waals surface area contributed by atoms with Crippen LogP contribution in [0.3, 0.4) is 0 Å². The zero-order valence-corrected chi connectivity index (χ0v) is 22.0. The number of aromatic nitrogens is 2. The summed E-state index contributed by atoms with van der Waals surface area (Å²) < 4.78 is 8.91. The molecule has 0 radical (unpaired) electrons. The highest BCUT2D eigenvalue weighted by atomic mass is 32.1. The number of benzene rings is 2. The van der Waals surface area contributed by atoms with E-state index < -0.39 is 36.3 Å². The molecular weight excluding hydrogens is 520 g/mol. The Morgan fingerprint density at radius 3 is 2.56 bits per heavy atom. The summed E-state index contributed by atoms with van der Waals surface area (Å²) in [6, 6.07) is 14.5. The molecule has 0 saturated carbocycles. The van der Waals surface area contributed by atoms with E-state index in [2.05, 4.69) is 14.7 Å². The fourth-order valence-electron chi connectivity index (χ4n) is 4.09. The summed E-state index contributed by atoms with van der Waals surface area (Å²) in [4.78, 5) is 57.3. The molecule has 0 spiro atoms. The largest absolute Gasteiger partial charge is 0.465 e. The summed E-state index contributed by atoms with van der Waals surface area (Å²) in [6.45, 7) is 3.20. The van der Waals surface area contributed by atoms with Gasteiger partial charge in [-0.05, 0) is 60.8 Å². The molecule has 0 saturated heterocycles. The smallest absolute Gasteiger partial charge is 0.325 e. The molecule has 0 aliphatic carbocycles. The van der Waals surface area contributed by atoms with E-state index in [4.69, 9.17) is 16.2 Å². The van der Waals surface area contributed by atoms with Crippen LogP contribution in [0.2, 0.25) is 0 Å². The van der Waals surface area contributed by atoms with Crippen molar-refractivity contribution in [1.82, 2.24) is 14.7 Å². The first kappa shape index (κ1) is 27.2. The summed E-state index contributed by atoms with van der Waals surface area (Å²) in [6.07, 6.45) is 1.65. The van der Waals surface area contributed by atoms with Crippen molar-refractivity contribution >= 4 is 57.5 Å². The fourth-order valence-corrected chi connectivity index (χ4v) is 4.83. The number of fused-ring (bicyclic) bond motifs is 1. The monoisotopic (exact) mass is 546 g/mol. The van der Waals surface area contributed by atoms with Crippen LogP contribution in [0.15, 0.2) is 60.8 Å². The SMILES string of the molecule is CCOC(=O)CNC(=O)[C@H](c1ccc2ncccc2c1)N(C(=O)c1snc(C(N)=O)c1N)c1ccccc1C. The Kier molecular flexibility index (Phi) is 8.15. The Morgan fingerprint density at radius 1 is 1.10 bits per heavy atom. The van der Waals surface area contributed by atoms with Crippen molar-refractivity contribution in [3.8, 4) is 0 Å². The number of hydrogen-bond acceptors (Lipinski definition) is 9. The lowest BCUT2D eigenvalue weighted by Gasteiger charge is -2.32. The van der Waals surface area contributed by atoms with Gasteiger partial charge in [0.1, 0.15) is 17.5 Å². The Balaban J connectivity index is 1.90. The molecule has 2 heterocycles. The Bertz CT molecular complexity index is 1570. The molecule has 4 aromatic rings. The van der Waals surface area contributed by atoms with Crippen molar-refractivity contribution in [2.24, 2.45) is 5.73 Å². The molecule has 1 atom stereocenters. The maximum atomic E-state index is 14.2.